The second-order valence-electron chi connectivity index (χ2n) is 6.82. The van der Waals surface area contributed by atoms with Gasteiger partial charge in [-0.2, -0.15) is 0 Å². The molecule has 2 nitrogen and oxygen atoms in total. The van der Waals surface area contributed by atoms with Gasteiger partial charge >= 0.3 is 0 Å². The maximum absolute atomic E-state index is 5.95. The zero-order chi connectivity index (χ0) is 11.8. The Labute approximate surface area is 101 Å². The first kappa shape index (κ1) is 12.4. The highest BCUT2D eigenvalue weighted by molar-refractivity contribution is 4.93. The number of hydrogen-bond donors (Lipinski definition) is 1. The number of likely N-dealkylation sites (tertiary alicyclic amines) is 1. The summed E-state index contributed by atoms with van der Waals surface area (Å²) in [5.74, 6) is 0.874. The minimum absolute atomic E-state index is 0.562. The molecule has 2 fully saturated rings. The van der Waals surface area contributed by atoms with Gasteiger partial charge in [0.2, 0.25) is 0 Å². The molecule has 1 saturated heterocycles. The monoisotopic (exact) mass is 224 g/mol. The average Bonchev–Trinajstić information content (AvgIpc) is 2.58. The Hall–Kier alpha value is -0.0800. The molecular weight excluding hydrogens is 196 g/mol. The molecule has 2 rings (SSSR count). The summed E-state index contributed by atoms with van der Waals surface area (Å²) >= 11 is 0. The molecule has 16 heavy (non-hydrogen) atoms. The van der Waals surface area contributed by atoms with Gasteiger partial charge in [-0.1, -0.05) is 20.8 Å². The van der Waals surface area contributed by atoms with Crippen molar-refractivity contribution >= 4 is 0 Å². The molecule has 0 spiro atoms. The standard InChI is InChI=1S/C14H28N2/c1-11-5-7-16(13(8-11)10-15)12-4-6-14(2,3)9-12/h11-13H,4-10,15H2,1-3H3. The lowest BCUT2D eigenvalue weighted by atomic mass is 9.89. The van der Waals surface area contributed by atoms with Crippen LogP contribution in [0.25, 0.3) is 0 Å². The van der Waals surface area contributed by atoms with Gasteiger partial charge in [-0.25, -0.2) is 0 Å². The van der Waals surface area contributed by atoms with E-state index in [1.54, 1.807) is 0 Å². The predicted octanol–water partition coefficient (Wildman–Crippen LogP) is 2.62. The van der Waals surface area contributed by atoms with Gasteiger partial charge in [0.25, 0.3) is 0 Å². The van der Waals surface area contributed by atoms with E-state index in [0.29, 0.717) is 11.5 Å². The molecule has 2 heteroatoms. The van der Waals surface area contributed by atoms with E-state index in [1.165, 1.54) is 38.6 Å². The van der Waals surface area contributed by atoms with E-state index in [9.17, 15) is 0 Å². The van der Waals surface area contributed by atoms with Crippen LogP contribution in [0.5, 0.6) is 0 Å². The lowest BCUT2D eigenvalue weighted by Crippen LogP contribution is -2.50. The first-order valence-corrected chi connectivity index (χ1v) is 6.97. The minimum atomic E-state index is 0.562. The topological polar surface area (TPSA) is 29.3 Å². The van der Waals surface area contributed by atoms with Gasteiger partial charge in [-0.05, 0) is 50.0 Å². The number of rotatable bonds is 2. The third kappa shape index (κ3) is 2.60. The van der Waals surface area contributed by atoms with Crippen LogP contribution < -0.4 is 5.73 Å². The molecule has 0 bridgehead atoms. The van der Waals surface area contributed by atoms with Crippen LogP contribution in [-0.4, -0.2) is 30.1 Å². The molecular formula is C14H28N2. The quantitative estimate of drug-likeness (QED) is 0.781. The van der Waals surface area contributed by atoms with Crippen molar-refractivity contribution in [3.8, 4) is 0 Å². The third-order valence-electron chi connectivity index (χ3n) is 4.71. The van der Waals surface area contributed by atoms with Crippen LogP contribution >= 0.6 is 0 Å². The lowest BCUT2D eigenvalue weighted by molar-refractivity contribution is 0.0737. The summed E-state index contributed by atoms with van der Waals surface area (Å²) in [7, 11) is 0. The summed E-state index contributed by atoms with van der Waals surface area (Å²) in [5.41, 5.74) is 6.51. The van der Waals surface area contributed by atoms with Crippen molar-refractivity contribution in [1.82, 2.24) is 4.90 Å². The molecule has 94 valence electrons. The molecule has 1 aliphatic heterocycles. The van der Waals surface area contributed by atoms with Crippen LogP contribution in [0.1, 0.15) is 52.9 Å². The Balaban J connectivity index is 1.98. The maximum atomic E-state index is 5.95. The van der Waals surface area contributed by atoms with Gasteiger partial charge in [-0.3, -0.25) is 4.90 Å². The van der Waals surface area contributed by atoms with Gasteiger partial charge in [0.1, 0.15) is 0 Å². The zero-order valence-corrected chi connectivity index (χ0v) is 11.2. The average molecular weight is 224 g/mol. The fourth-order valence-corrected chi connectivity index (χ4v) is 3.66. The highest BCUT2D eigenvalue weighted by atomic mass is 15.2. The molecule has 0 aromatic rings. The second-order valence-corrected chi connectivity index (χ2v) is 6.82. The highest BCUT2D eigenvalue weighted by Gasteiger charge is 2.38. The smallest absolute Gasteiger partial charge is 0.0223 e. The first-order valence-electron chi connectivity index (χ1n) is 6.97. The van der Waals surface area contributed by atoms with Crippen molar-refractivity contribution in [2.45, 2.75) is 65.0 Å². The van der Waals surface area contributed by atoms with Gasteiger partial charge in [-0.15, -0.1) is 0 Å². The van der Waals surface area contributed by atoms with Crippen molar-refractivity contribution in [2.75, 3.05) is 13.1 Å². The van der Waals surface area contributed by atoms with E-state index in [1.807, 2.05) is 0 Å². The number of piperidine rings is 1. The summed E-state index contributed by atoms with van der Waals surface area (Å²) in [6.07, 6.45) is 6.83. The Morgan fingerprint density at radius 1 is 1.31 bits per heavy atom. The van der Waals surface area contributed by atoms with Crippen LogP contribution in [0.3, 0.4) is 0 Å². The molecule has 1 saturated carbocycles. The van der Waals surface area contributed by atoms with Gasteiger partial charge in [0, 0.05) is 18.6 Å². The van der Waals surface area contributed by atoms with Crippen LogP contribution in [0.4, 0.5) is 0 Å². The van der Waals surface area contributed by atoms with Crippen LogP contribution in [0.2, 0.25) is 0 Å². The molecule has 3 unspecified atom stereocenters. The molecule has 0 aromatic heterocycles. The van der Waals surface area contributed by atoms with Crippen LogP contribution in [-0.2, 0) is 0 Å². The largest absolute Gasteiger partial charge is 0.329 e. The Morgan fingerprint density at radius 3 is 2.62 bits per heavy atom. The summed E-state index contributed by atoms with van der Waals surface area (Å²) in [4.78, 5) is 2.73. The van der Waals surface area contributed by atoms with Crippen molar-refractivity contribution in [1.29, 1.82) is 0 Å². The molecule has 1 aliphatic carbocycles. The molecule has 1 heterocycles. The van der Waals surface area contributed by atoms with E-state index in [2.05, 4.69) is 25.7 Å². The summed E-state index contributed by atoms with van der Waals surface area (Å²) in [6.45, 7) is 9.33. The SMILES string of the molecule is CC1CCN(C2CCC(C)(C)C2)C(CN)C1. The van der Waals surface area contributed by atoms with E-state index in [-0.39, 0.29) is 0 Å². The summed E-state index contributed by atoms with van der Waals surface area (Å²) in [5, 5.41) is 0. The predicted molar refractivity (Wildman–Crippen MR) is 69.4 cm³/mol. The lowest BCUT2D eigenvalue weighted by Gasteiger charge is -2.42. The molecule has 2 N–H and O–H groups in total. The van der Waals surface area contributed by atoms with Gasteiger partial charge in [0.15, 0.2) is 0 Å². The van der Waals surface area contributed by atoms with Crippen LogP contribution in [0.15, 0.2) is 0 Å². The second kappa shape index (κ2) is 4.66. The molecule has 3 atom stereocenters. The summed E-state index contributed by atoms with van der Waals surface area (Å²) < 4.78 is 0. The van der Waals surface area contributed by atoms with Gasteiger partial charge in [0.05, 0.1) is 0 Å². The minimum Gasteiger partial charge on any atom is -0.329 e. The fourth-order valence-electron chi connectivity index (χ4n) is 3.66. The Bertz CT molecular complexity index is 237. The van der Waals surface area contributed by atoms with E-state index >= 15 is 0 Å². The van der Waals surface area contributed by atoms with Crippen LogP contribution in [0, 0.1) is 11.3 Å². The van der Waals surface area contributed by atoms with Crippen molar-refractivity contribution < 1.29 is 0 Å². The van der Waals surface area contributed by atoms with E-state index < -0.39 is 0 Å². The Morgan fingerprint density at radius 2 is 2.06 bits per heavy atom. The molecule has 0 radical (unpaired) electrons. The van der Waals surface area contributed by atoms with E-state index in [4.69, 9.17) is 5.73 Å². The first-order chi connectivity index (χ1) is 7.52. The third-order valence-corrected chi connectivity index (χ3v) is 4.71. The van der Waals surface area contributed by atoms with Gasteiger partial charge < -0.3 is 5.73 Å². The Kier molecular flexibility index (Phi) is 3.60. The van der Waals surface area contributed by atoms with Crippen molar-refractivity contribution in [3.63, 3.8) is 0 Å². The fraction of sp³-hybridized carbons (Fsp3) is 1.00. The van der Waals surface area contributed by atoms with Crippen molar-refractivity contribution in [3.05, 3.63) is 0 Å². The normalized spacial score (nSPS) is 40.1. The summed E-state index contributed by atoms with van der Waals surface area (Å²) in [6, 6.07) is 1.47. The maximum Gasteiger partial charge on any atom is 0.0223 e. The molecule has 2 aliphatic rings. The zero-order valence-electron chi connectivity index (χ0n) is 11.2. The molecule has 0 amide bonds. The number of hydrogen-bond acceptors (Lipinski definition) is 2. The van der Waals surface area contributed by atoms with Crippen molar-refractivity contribution in [2.24, 2.45) is 17.1 Å². The number of nitrogens with zero attached hydrogens (tertiary/aromatic N) is 1. The number of nitrogens with two attached hydrogens (primary N) is 1. The molecule has 0 aromatic carbocycles. The highest BCUT2D eigenvalue weighted by Crippen LogP contribution is 2.41. The van der Waals surface area contributed by atoms with E-state index in [0.717, 1.165) is 18.5 Å².